The molecule has 7 heteroatoms. The topological polar surface area (TPSA) is 57.0 Å². The van der Waals surface area contributed by atoms with E-state index in [1.165, 1.54) is 30.2 Å². The molecule has 0 aliphatic heterocycles. The maximum Gasteiger partial charge on any atom is 0.294 e. The molecular weight excluding hydrogens is 280 g/mol. The van der Waals surface area contributed by atoms with Gasteiger partial charge >= 0.3 is 0 Å². The fourth-order valence-electron chi connectivity index (χ4n) is 1.93. The Bertz CT molecular complexity index is 893. The first-order chi connectivity index (χ1) is 10.1. The van der Waals surface area contributed by atoms with Crippen LogP contribution >= 0.6 is 0 Å². The lowest BCUT2D eigenvalue weighted by molar-refractivity contribution is 0.430. The van der Waals surface area contributed by atoms with Crippen molar-refractivity contribution in [2.45, 2.75) is 0 Å². The third kappa shape index (κ3) is 2.33. The number of aryl methyl sites for hydroxylation is 1. The predicted octanol–water partition coefficient (Wildman–Crippen LogP) is 2.40. The lowest BCUT2D eigenvalue weighted by atomic mass is 10.3. The van der Waals surface area contributed by atoms with Gasteiger partial charge in [-0.15, -0.1) is 0 Å². The third-order valence-corrected chi connectivity index (χ3v) is 2.95. The van der Waals surface area contributed by atoms with Crippen molar-refractivity contribution in [2.24, 2.45) is 7.05 Å². The first-order valence-corrected chi connectivity index (χ1v) is 5.99. The summed E-state index contributed by atoms with van der Waals surface area (Å²) in [5.41, 5.74) is -0.0492. The van der Waals surface area contributed by atoms with Crippen LogP contribution in [0, 0.1) is 11.6 Å². The number of fused-ring (bicyclic) bond motifs is 1. The van der Waals surface area contributed by atoms with Crippen LogP contribution in [0.5, 0.6) is 11.5 Å². The largest absolute Gasteiger partial charge is 0.448 e. The smallest absolute Gasteiger partial charge is 0.294 e. The second kappa shape index (κ2) is 4.93. The zero-order chi connectivity index (χ0) is 15.0. The van der Waals surface area contributed by atoms with Gasteiger partial charge in [-0.3, -0.25) is 9.36 Å². The zero-order valence-electron chi connectivity index (χ0n) is 10.9. The highest BCUT2D eigenvalue weighted by molar-refractivity contribution is 5.75. The van der Waals surface area contributed by atoms with Crippen molar-refractivity contribution in [1.29, 1.82) is 0 Å². The summed E-state index contributed by atoms with van der Waals surface area (Å²) in [6.07, 6.45) is 2.83. The van der Waals surface area contributed by atoms with Gasteiger partial charge in [-0.2, -0.15) is 0 Å². The predicted molar refractivity (Wildman–Crippen MR) is 71.2 cm³/mol. The molecule has 0 spiro atoms. The molecule has 3 rings (SSSR count). The summed E-state index contributed by atoms with van der Waals surface area (Å²) in [6.45, 7) is 0. The highest BCUT2D eigenvalue weighted by Gasteiger charge is 2.12. The van der Waals surface area contributed by atoms with Crippen LogP contribution in [0.2, 0.25) is 0 Å². The van der Waals surface area contributed by atoms with Crippen LogP contribution in [0.4, 0.5) is 8.78 Å². The molecule has 0 saturated carbocycles. The van der Waals surface area contributed by atoms with E-state index in [-0.39, 0.29) is 11.5 Å². The quantitative estimate of drug-likeness (QED) is 0.727. The molecule has 5 nitrogen and oxygen atoms in total. The molecule has 0 radical (unpaired) electrons. The molecule has 0 unspecified atom stereocenters. The van der Waals surface area contributed by atoms with Crippen LogP contribution in [-0.2, 0) is 7.05 Å². The van der Waals surface area contributed by atoms with E-state index >= 15 is 0 Å². The van der Waals surface area contributed by atoms with Gasteiger partial charge in [0.2, 0.25) is 0 Å². The molecular formula is C14H9F2N3O2. The molecule has 106 valence electrons. The van der Waals surface area contributed by atoms with Crippen LogP contribution in [0.1, 0.15) is 0 Å². The second-order valence-electron chi connectivity index (χ2n) is 4.35. The Morgan fingerprint density at radius 3 is 2.76 bits per heavy atom. The summed E-state index contributed by atoms with van der Waals surface area (Å²) >= 11 is 0. The molecule has 0 aliphatic carbocycles. The van der Waals surface area contributed by atoms with Crippen LogP contribution in [0.15, 0.2) is 41.6 Å². The molecule has 0 fully saturated rings. The zero-order valence-corrected chi connectivity index (χ0v) is 10.9. The van der Waals surface area contributed by atoms with Gasteiger partial charge in [0.25, 0.3) is 5.56 Å². The highest BCUT2D eigenvalue weighted by Crippen LogP contribution is 2.24. The van der Waals surface area contributed by atoms with Crippen LogP contribution < -0.4 is 10.3 Å². The Balaban J connectivity index is 2.12. The minimum atomic E-state index is -0.888. The molecule has 0 amide bonds. The van der Waals surface area contributed by atoms with Crippen molar-refractivity contribution >= 4 is 11.0 Å². The Kier molecular flexibility index (Phi) is 3.09. The summed E-state index contributed by atoms with van der Waals surface area (Å²) in [5.74, 6) is -1.93. The monoisotopic (exact) mass is 289 g/mol. The van der Waals surface area contributed by atoms with Gasteiger partial charge in [0.1, 0.15) is 17.8 Å². The number of aromatic nitrogens is 3. The second-order valence-corrected chi connectivity index (χ2v) is 4.35. The van der Waals surface area contributed by atoms with E-state index < -0.39 is 17.2 Å². The van der Waals surface area contributed by atoms with Crippen LogP contribution in [0.25, 0.3) is 11.0 Å². The van der Waals surface area contributed by atoms with Gasteiger partial charge in [0.15, 0.2) is 17.3 Å². The van der Waals surface area contributed by atoms with E-state index in [0.29, 0.717) is 17.1 Å². The van der Waals surface area contributed by atoms with Crippen molar-refractivity contribution < 1.29 is 13.5 Å². The highest BCUT2D eigenvalue weighted by atomic mass is 19.1. The van der Waals surface area contributed by atoms with Gasteiger partial charge in [-0.1, -0.05) is 0 Å². The van der Waals surface area contributed by atoms with Crippen molar-refractivity contribution in [2.75, 3.05) is 0 Å². The maximum atomic E-state index is 13.6. The van der Waals surface area contributed by atoms with Gasteiger partial charge in [-0.25, -0.2) is 18.7 Å². The molecule has 0 atom stereocenters. The summed E-state index contributed by atoms with van der Waals surface area (Å²) in [4.78, 5) is 20.0. The number of rotatable bonds is 2. The Labute approximate surface area is 117 Å². The minimum absolute atomic E-state index is 0.0923. The van der Waals surface area contributed by atoms with Crippen LogP contribution in [0.3, 0.4) is 0 Å². The van der Waals surface area contributed by atoms with E-state index in [2.05, 4.69) is 9.97 Å². The maximum absolute atomic E-state index is 13.6. The Morgan fingerprint density at radius 2 is 2.00 bits per heavy atom. The molecule has 2 aromatic heterocycles. The van der Waals surface area contributed by atoms with E-state index in [1.54, 1.807) is 0 Å². The molecule has 0 N–H and O–H groups in total. The van der Waals surface area contributed by atoms with Gasteiger partial charge < -0.3 is 4.74 Å². The lowest BCUT2D eigenvalue weighted by Crippen LogP contribution is -2.19. The van der Waals surface area contributed by atoms with E-state index in [9.17, 15) is 13.6 Å². The molecule has 1 aromatic carbocycles. The van der Waals surface area contributed by atoms with Crippen molar-refractivity contribution in [3.8, 4) is 11.5 Å². The number of hydrogen-bond acceptors (Lipinski definition) is 4. The third-order valence-electron chi connectivity index (χ3n) is 2.95. The normalized spacial score (nSPS) is 10.8. The van der Waals surface area contributed by atoms with Gasteiger partial charge in [0.05, 0.1) is 0 Å². The number of pyridine rings is 1. The fraction of sp³-hybridized carbons (Fsp3) is 0.0714. The first-order valence-electron chi connectivity index (χ1n) is 5.99. The average molecular weight is 289 g/mol. The Morgan fingerprint density at radius 1 is 1.19 bits per heavy atom. The van der Waals surface area contributed by atoms with Crippen LogP contribution in [-0.4, -0.2) is 14.5 Å². The number of ether oxygens (including phenoxy) is 1. The van der Waals surface area contributed by atoms with Gasteiger partial charge in [-0.05, 0) is 18.2 Å². The lowest BCUT2D eigenvalue weighted by Gasteiger charge is -2.09. The summed E-state index contributed by atoms with van der Waals surface area (Å²) < 4.78 is 33.0. The molecule has 0 aliphatic rings. The van der Waals surface area contributed by atoms with Crippen molar-refractivity contribution in [3.05, 3.63) is 58.8 Å². The summed E-state index contributed by atoms with van der Waals surface area (Å²) in [7, 11) is 1.52. The van der Waals surface area contributed by atoms with Crippen molar-refractivity contribution in [3.63, 3.8) is 0 Å². The standard InChI is InChI=1S/C14H9F2N3O2/c1-19-13-8(6-17-7-18-13)4-12(14(19)20)21-11-3-2-9(15)5-10(11)16/h2-7H,1H3. The first kappa shape index (κ1) is 13.2. The SMILES string of the molecule is Cn1c(=O)c(Oc2ccc(F)cc2F)cc2cncnc21. The number of benzene rings is 1. The molecule has 21 heavy (non-hydrogen) atoms. The fourth-order valence-corrected chi connectivity index (χ4v) is 1.93. The number of nitrogens with zero attached hydrogens (tertiary/aromatic N) is 3. The summed E-state index contributed by atoms with van der Waals surface area (Å²) in [6, 6.07) is 4.27. The summed E-state index contributed by atoms with van der Waals surface area (Å²) in [5, 5.41) is 0.567. The number of hydrogen-bond donors (Lipinski definition) is 0. The molecule has 3 aromatic rings. The molecule has 2 heterocycles. The number of halogens is 2. The van der Waals surface area contributed by atoms with E-state index in [1.807, 2.05) is 0 Å². The van der Waals surface area contributed by atoms with E-state index in [4.69, 9.17) is 4.74 Å². The van der Waals surface area contributed by atoms with E-state index in [0.717, 1.165) is 12.1 Å². The molecule has 0 bridgehead atoms. The van der Waals surface area contributed by atoms with Gasteiger partial charge in [0, 0.05) is 24.7 Å². The minimum Gasteiger partial charge on any atom is -0.448 e. The molecule has 0 saturated heterocycles. The van der Waals surface area contributed by atoms with Crippen molar-refractivity contribution in [1.82, 2.24) is 14.5 Å². The average Bonchev–Trinajstić information content (AvgIpc) is 2.47. The Hall–Kier alpha value is -2.83.